The molecule has 33 heavy (non-hydrogen) atoms. The number of carbonyl (C=O) groups excluding carboxylic acids is 2. The summed E-state index contributed by atoms with van der Waals surface area (Å²) in [6.45, 7) is 8.21. The Morgan fingerprint density at radius 3 is 2.97 bits per heavy atom. The Hall–Kier alpha value is -3.24. The van der Waals surface area contributed by atoms with Gasteiger partial charge in [-0.15, -0.1) is 11.3 Å². The molecule has 0 spiro atoms. The zero-order valence-corrected chi connectivity index (χ0v) is 19.6. The molecule has 5 rings (SSSR count). The van der Waals surface area contributed by atoms with Crippen LogP contribution in [-0.2, 0) is 0 Å². The van der Waals surface area contributed by atoms with Crippen molar-refractivity contribution in [1.82, 2.24) is 20.6 Å². The Kier molecular flexibility index (Phi) is 5.63. The van der Waals surface area contributed by atoms with Gasteiger partial charge in [0.1, 0.15) is 9.71 Å². The second-order valence-electron chi connectivity index (χ2n) is 8.76. The van der Waals surface area contributed by atoms with Crippen molar-refractivity contribution >= 4 is 50.6 Å². The number of hydrogen-bond donors (Lipinski definition) is 3. The van der Waals surface area contributed by atoms with Crippen molar-refractivity contribution in [2.45, 2.75) is 33.2 Å². The van der Waals surface area contributed by atoms with Gasteiger partial charge in [0.15, 0.2) is 0 Å². The van der Waals surface area contributed by atoms with Crippen molar-refractivity contribution in [3.8, 4) is 5.88 Å². The Morgan fingerprint density at radius 2 is 2.24 bits per heavy atom. The number of anilines is 3. The van der Waals surface area contributed by atoms with Crippen LogP contribution in [0.1, 0.15) is 35.5 Å². The molecule has 3 aromatic rings. The van der Waals surface area contributed by atoms with E-state index in [-0.39, 0.29) is 18.0 Å². The zero-order chi connectivity index (χ0) is 23.1. The number of aryl methyl sites for hydroxylation is 1. The molecule has 3 aromatic heterocycles. The van der Waals surface area contributed by atoms with Gasteiger partial charge in [-0.2, -0.15) is 0 Å². The number of pyridine rings is 2. The van der Waals surface area contributed by atoms with Gasteiger partial charge in [-0.05, 0) is 37.4 Å². The number of nitrogens with zero attached hydrogens (tertiary/aromatic N) is 3. The summed E-state index contributed by atoms with van der Waals surface area (Å²) in [6.07, 6.45) is 4.14. The maximum absolute atomic E-state index is 13.3. The van der Waals surface area contributed by atoms with Gasteiger partial charge in [0, 0.05) is 24.8 Å². The normalized spacial score (nSPS) is 17.5. The van der Waals surface area contributed by atoms with E-state index in [9.17, 15) is 9.59 Å². The lowest BCUT2D eigenvalue weighted by Gasteiger charge is -2.29. The summed E-state index contributed by atoms with van der Waals surface area (Å²) in [5.41, 5.74) is 2.61. The molecule has 9 nitrogen and oxygen atoms in total. The van der Waals surface area contributed by atoms with Crippen molar-refractivity contribution in [2.75, 3.05) is 29.9 Å². The van der Waals surface area contributed by atoms with Gasteiger partial charge >= 0.3 is 6.03 Å². The van der Waals surface area contributed by atoms with E-state index >= 15 is 0 Å². The summed E-state index contributed by atoms with van der Waals surface area (Å²) in [4.78, 5) is 38.1. The lowest BCUT2D eigenvalue weighted by molar-refractivity contribution is 0.0945. The highest BCUT2D eigenvalue weighted by molar-refractivity contribution is 7.21. The zero-order valence-electron chi connectivity index (χ0n) is 18.8. The smallest absolute Gasteiger partial charge is 0.331 e. The van der Waals surface area contributed by atoms with Crippen LogP contribution in [0, 0.1) is 12.8 Å². The first-order chi connectivity index (χ1) is 15.9. The van der Waals surface area contributed by atoms with Crippen LogP contribution in [0.25, 0.3) is 10.2 Å². The first-order valence-electron chi connectivity index (χ1n) is 11.1. The average Bonchev–Trinajstić information content (AvgIpc) is 3.42. The molecule has 2 aliphatic rings. The Morgan fingerprint density at radius 1 is 1.39 bits per heavy atom. The molecule has 0 aliphatic carbocycles. The van der Waals surface area contributed by atoms with Crippen molar-refractivity contribution < 1.29 is 14.3 Å². The first kappa shape index (κ1) is 21.6. The molecule has 1 unspecified atom stereocenters. The lowest BCUT2D eigenvalue weighted by Crippen LogP contribution is -2.38. The fourth-order valence-corrected chi connectivity index (χ4v) is 5.16. The number of ether oxygens (including phenoxy) is 1. The second kappa shape index (κ2) is 8.60. The maximum Gasteiger partial charge on any atom is 0.331 e. The fraction of sp³-hybridized carbons (Fsp3) is 0.391. The largest absolute Gasteiger partial charge is 0.477 e. The highest BCUT2D eigenvalue weighted by Crippen LogP contribution is 2.47. The molecule has 3 N–H and O–H groups in total. The minimum absolute atomic E-state index is 0.0639. The molecule has 2 aliphatic heterocycles. The SMILES string of the molecule is Cc1cc(OCC(C)C)ncc1N1C(=O)Nc2ccnc3sc(C(=O)NC4CCNC4)c1c23. The number of aromatic nitrogens is 2. The van der Waals surface area contributed by atoms with E-state index in [0.717, 1.165) is 30.5 Å². The summed E-state index contributed by atoms with van der Waals surface area (Å²) in [7, 11) is 0. The van der Waals surface area contributed by atoms with E-state index < -0.39 is 0 Å². The minimum Gasteiger partial charge on any atom is -0.477 e. The summed E-state index contributed by atoms with van der Waals surface area (Å²) in [5, 5.41) is 10.1. The topological polar surface area (TPSA) is 108 Å². The third kappa shape index (κ3) is 4.00. The molecule has 0 saturated carbocycles. The number of carbonyl (C=O) groups is 2. The number of hydrogen-bond acceptors (Lipinski definition) is 7. The fourth-order valence-electron chi connectivity index (χ4n) is 4.10. The van der Waals surface area contributed by atoms with Gasteiger partial charge in [0.25, 0.3) is 5.91 Å². The summed E-state index contributed by atoms with van der Waals surface area (Å²) in [6, 6.07) is 3.29. The average molecular weight is 467 g/mol. The van der Waals surface area contributed by atoms with Crippen molar-refractivity contribution in [3.05, 3.63) is 35.0 Å². The van der Waals surface area contributed by atoms with E-state index in [0.29, 0.717) is 45.2 Å². The van der Waals surface area contributed by atoms with Crippen LogP contribution in [0.4, 0.5) is 21.9 Å². The van der Waals surface area contributed by atoms with Gasteiger partial charge in [0.05, 0.1) is 35.3 Å². The van der Waals surface area contributed by atoms with Crippen molar-refractivity contribution in [1.29, 1.82) is 0 Å². The third-order valence-electron chi connectivity index (χ3n) is 5.70. The predicted molar refractivity (Wildman–Crippen MR) is 129 cm³/mol. The van der Waals surface area contributed by atoms with E-state index in [4.69, 9.17) is 4.74 Å². The molecule has 3 amide bonds. The molecule has 0 radical (unpaired) electrons. The third-order valence-corrected chi connectivity index (χ3v) is 6.79. The number of amides is 3. The summed E-state index contributed by atoms with van der Waals surface area (Å²) < 4.78 is 5.74. The van der Waals surface area contributed by atoms with E-state index in [1.165, 1.54) is 16.2 Å². The van der Waals surface area contributed by atoms with Crippen LogP contribution in [0.15, 0.2) is 24.5 Å². The van der Waals surface area contributed by atoms with Gasteiger partial charge < -0.3 is 20.7 Å². The number of nitrogens with one attached hydrogen (secondary N) is 3. The summed E-state index contributed by atoms with van der Waals surface area (Å²) in [5.74, 6) is 0.681. The highest BCUT2D eigenvalue weighted by Gasteiger charge is 2.35. The van der Waals surface area contributed by atoms with Crippen molar-refractivity contribution in [2.24, 2.45) is 5.92 Å². The van der Waals surface area contributed by atoms with Crippen LogP contribution in [-0.4, -0.2) is 47.6 Å². The first-order valence-corrected chi connectivity index (χ1v) is 11.9. The molecular formula is C23H26N6O3S. The molecule has 0 bridgehead atoms. The molecule has 10 heteroatoms. The molecule has 1 saturated heterocycles. The van der Waals surface area contributed by atoms with E-state index in [2.05, 4.69) is 39.8 Å². The number of rotatable bonds is 6. The monoisotopic (exact) mass is 466 g/mol. The number of thiophene rings is 1. The van der Waals surface area contributed by atoms with Gasteiger partial charge in [-0.3, -0.25) is 9.69 Å². The molecular weight excluding hydrogens is 440 g/mol. The van der Waals surface area contributed by atoms with Crippen LogP contribution >= 0.6 is 11.3 Å². The molecule has 1 atom stereocenters. The molecule has 0 aromatic carbocycles. The Labute approximate surface area is 195 Å². The molecule has 1 fully saturated rings. The maximum atomic E-state index is 13.3. The van der Waals surface area contributed by atoms with E-state index in [1.807, 2.05) is 13.0 Å². The Balaban J connectivity index is 1.58. The van der Waals surface area contributed by atoms with Crippen molar-refractivity contribution in [3.63, 3.8) is 0 Å². The van der Waals surface area contributed by atoms with E-state index in [1.54, 1.807) is 18.5 Å². The second-order valence-corrected chi connectivity index (χ2v) is 9.76. The van der Waals surface area contributed by atoms with Gasteiger partial charge in [-0.25, -0.2) is 14.8 Å². The molecule has 172 valence electrons. The number of urea groups is 1. The van der Waals surface area contributed by atoms with Crippen LogP contribution in [0.3, 0.4) is 0 Å². The minimum atomic E-state index is -0.342. The van der Waals surface area contributed by atoms with Crippen LogP contribution < -0.4 is 25.6 Å². The standard InChI is InChI=1S/C23H26N6O3S/c1-12(2)11-32-17-8-13(3)16(10-26-17)29-19-18-15(28-23(29)31)5-7-25-22(18)33-20(19)21(30)27-14-4-6-24-9-14/h5,7-8,10,12,14,24H,4,6,9,11H2,1-3H3,(H,27,30)(H,28,31). The van der Waals surface area contributed by atoms with Gasteiger partial charge in [-0.1, -0.05) is 13.8 Å². The molecule has 5 heterocycles. The lowest BCUT2D eigenvalue weighted by atomic mass is 10.1. The van der Waals surface area contributed by atoms with Crippen LogP contribution in [0.2, 0.25) is 0 Å². The predicted octanol–water partition coefficient (Wildman–Crippen LogP) is 3.81. The summed E-state index contributed by atoms with van der Waals surface area (Å²) >= 11 is 1.29. The highest BCUT2D eigenvalue weighted by atomic mass is 32.1. The quantitative estimate of drug-likeness (QED) is 0.510. The van der Waals surface area contributed by atoms with Crippen LogP contribution in [0.5, 0.6) is 5.88 Å². The van der Waals surface area contributed by atoms with Gasteiger partial charge in [0.2, 0.25) is 5.88 Å². The Bertz CT molecular complexity index is 1230.